The second-order valence-corrected chi connectivity index (χ2v) is 6.85. The van der Waals surface area contributed by atoms with Crippen LogP contribution in [0.1, 0.15) is 24.1 Å². The molecule has 5 N–H and O–H groups in total. The number of fused-ring (bicyclic) bond motifs is 1. The molecule has 4 aromatic rings. The van der Waals surface area contributed by atoms with Gasteiger partial charge < -0.3 is 21.2 Å². The van der Waals surface area contributed by atoms with E-state index >= 15 is 0 Å². The highest BCUT2D eigenvalue weighted by molar-refractivity contribution is 5.81. The minimum Gasteiger partial charge on any atom is -0.455 e. The standard InChI is InChI=1S/C22H17FN6O2/c1-11(27-21-15(10-24)20(25)28-22(26)29-21)17-18(30)14-7-2-3-8-16(14)31-19(17)12-5-4-6-13(23)9-12/h2-9,11H,1H3,(H5,25,26,27,28,29). The van der Waals surface area contributed by atoms with Crippen LogP contribution < -0.4 is 22.2 Å². The molecule has 8 nitrogen and oxygen atoms in total. The number of hydrogen-bond acceptors (Lipinski definition) is 8. The van der Waals surface area contributed by atoms with Crippen molar-refractivity contribution in [2.75, 3.05) is 16.8 Å². The van der Waals surface area contributed by atoms with Gasteiger partial charge in [0.15, 0.2) is 11.2 Å². The van der Waals surface area contributed by atoms with Crippen molar-refractivity contribution in [3.8, 4) is 17.4 Å². The van der Waals surface area contributed by atoms with Gasteiger partial charge in [-0.2, -0.15) is 15.2 Å². The van der Waals surface area contributed by atoms with Crippen LogP contribution in [0.25, 0.3) is 22.3 Å². The normalized spacial score (nSPS) is 11.8. The van der Waals surface area contributed by atoms with Gasteiger partial charge in [-0.05, 0) is 31.2 Å². The third-order valence-electron chi connectivity index (χ3n) is 4.77. The molecule has 4 rings (SSSR count). The Hall–Kier alpha value is -4.45. The lowest BCUT2D eigenvalue weighted by Gasteiger charge is -2.19. The molecule has 0 saturated heterocycles. The Balaban J connectivity index is 1.93. The molecule has 2 aromatic carbocycles. The van der Waals surface area contributed by atoms with E-state index < -0.39 is 11.9 Å². The fraction of sp³-hybridized carbons (Fsp3) is 0.0909. The van der Waals surface area contributed by atoms with Gasteiger partial charge in [0.1, 0.15) is 34.6 Å². The van der Waals surface area contributed by atoms with Gasteiger partial charge in [-0.1, -0.05) is 24.3 Å². The van der Waals surface area contributed by atoms with Gasteiger partial charge in [0.25, 0.3) is 0 Å². The van der Waals surface area contributed by atoms with E-state index in [1.54, 1.807) is 37.3 Å². The molecule has 0 aliphatic carbocycles. The van der Waals surface area contributed by atoms with Gasteiger partial charge in [0, 0.05) is 5.56 Å². The summed E-state index contributed by atoms with van der Waals surface area (Å²) in [6.45, 7) is 1.69. The number of nitrogens with one attached hydrogen (secondary N) is 1. The summed E-state index contributed by atoms with van der Waals surface area (Å²) in [7, 11) is 0. The first-order chi connectivity index (χ1) is 14.9. The molecule has 2 aromatic heterocycles. The first kappa shape index (κ1) is 19.8. The monoisotopic (exact) mass is 416 g/mol. The first-order valence-corrected chi connectivity index (χ1v) is 9.30. The number of hydrogen-bond donors (Lipinski definition) is 3. The Morgan fingerprint density at radius 2 is 1.94 bits per heavy atom. The lowest BCUT2D eigenvalue weighted by Crippen LogP contribution is -2.20. The maximum absolute atomic E-state index is 13.9. The molecule has 1 unspecified atom stereocenters. The molecule has 9 heteroatoms. The van der Waals surface area contributed by atoms with E-state index in [1.807, 2.05) is 6.07 Å². The van der Waals surface area contributed by atoms with Gasteiger partial charge in [-0.15, -0.1) is 0 Å². The molecule has 0 saturated carbocycles. The van der Waals surface area contributed by atoms with Gasteiger partial charge in [-0.3, -0.25) is 4.79 Å². The predicted molar refractivity (Wildman–Crippen MR) is 115 cm³/mol. The molecule has 154 valence electrons. The fourth-order valence-electron chi connectivity index (χ4n) is 3.38. The number of benzene rings is 2. The second-order valence-electron chi connectivity index (χ2n) is 6.85. The summed E-state index contributed by atoms with van der Waals surface area (Å²) in [5.74, 6) is -0.389. The summed E-state index contributed by atoms with van der Waals surface area (Å²) in [4.78, 5) is 21.2. The topological polar surface area (TPSA) is 144 Å². The number of halogens is 1. The summed E-state index contributed by atoms with van der Waals surface area (Å²) in [6.07, 6.45) is 0. The van der Waals surface area contributed by atoms with Crippen molar-refractivity contribution in [2.45, 2.75) is 13.0 Å². The Morgan fingerprint density at radius 1 is 1.16 bits per heavy atom. The Labute approximate surface area is 176 Å². The maximum atomic E-state index is 13.9. The number of anilines is 3. The van der Waals surface area contributed by atoms with E-state index in [0.29, 0.717) is 16.5 Å². The average Bonchev–Trinajstić information content (AvgIpc) is 2.73. The SMILES string of the molecule is CC(Nc1nc(N)nc(N)c1C#N)c1c(-c2cccc(F)c2)oc2ccccc2c1=O. The molecular weight excluding hydrogens is 399 g/mol. The molecule has 0 spiro atoms. The van der Waals surface area contributed by atoms with Crippen LogP contribution in [0.4, 0.5) is 22.0 Å². The van der Waals surface area contributed by atoms with E-state index in [9.17, 15) is 14.4 Å². The fourth-order valence-corrected chi connectivity index (χ4v) is 3.38. The van der Waals surface area contributed by atoms with Crippen LogP contribution in [-0.2, 0) is 0 Å². The van der Waals surface area contributed by atoms with Gasteiger partial charge in [0.05, 0.1) is 17.0 Å². The Morgan fingerprint density at radius 3 is 2.68 bits per heavy atom. The molecule has 0 bridgehead atoms. The third-order valence-corrected chi connectivity index (χ3v) is 4.77. The molecule has 0 amide bonds. The molecule has 0 aliphatic heterocycles. The van der Waals surface area contributed by atoms with Crippen molar-refractivity contribution in [2.24, 2.45) is 0 Å². The number of nitrogen functional groups attached to an aromatic ring is 2. The summed E-state index contributed by atoms with van der Waals surface area (Å²) < 4.78 is 19.9. The molecule has 2 heterocycles. The highest BCUT2D eigenvalue weighted by Crippen LogP contribution is 2.32. The minimum atomic E-state index is -0.695. The van der Waals surface area contributed by atoms with Crippen molar-refractivity contribution in [1.29, 1.82) is 5.26 Å². The van der Waals surface area contributed by atoms with Crippen molar-refractivity contribution < 1.29 is 8.81 Å². The van der Waals surface area contributed by atoms with E-state index in [4.69, 9.17) is 15.9 Å². The third kappa shape index (κ3) is 3.62. The number of nitrogens with zero attached hydrogens (tertiary/aromatic N) is 3. The second kappa shape index (κ2) is 7.76. The summed E-state index contributed by atoms with van der Waals surface area (Å²) in [6, 6.07) is 13.8. The maximum Gasteiger partial charge on any atom is 0.224 e. The zero-order chi connectivity index (χ0) is 22.1. The zero-order valence-electron chi connectivity index (χ0n) is 16.4. The number of nitrogens with two attached hydrogens (primary N) is 2. The number of aromatic nitrogens is 2. The van der Waals surface area contributed by atoms with Gasteiger partial charge >= 0.3 is 0 Å². The molecule has 0 fully saturated rings. The number of rotatable bonds is 4. The quantitative estimate of drug-likeness (QED) is 0.458. The highest BCUT2D eigenvalue weighted by atomic mass is 19.1. The molecule has 0 aliphatic rings. The number of nitriles is 1. The summed E-state index contributed by atoms with van der Waals surface area (Å²) >= 11 is 0. The summed E-state index contributed by atoms with van der Waals surface area (Å²) in [5, 5.41) is 12.8. The lowest BCUT2D eigenvalue weighted by atomic mass is 9.99. The van der Waals surface area contributed by atoms with Crippen molar-refractivity contribution in [1.82, 2.24) is 9.97 Å². The average molecular weight is 416 g/mol. The van der Waals surface area contributed by atoms with Crippen molar-refractivity contribution in [3.05, 3.63) is 75.7 Å². The Bertz CT molecular complexity index is 1410. The van der Waals surface area contributed by atoms with Crippen LogP contribution in [0.3, 0.4) is 0 Å². The minimum absolute atomic E-state index is 0.00136. The number of para-hydroxylation sites is 1. The van der Waals surface area contributed by atoms with Crippen LogP contribution in [0, 0.1) is 17.1 Å². The predicted octanol–water partition coefficient (Wildman–Crippen LogP) is 3.60. The van der Waals surface area contributed by atoms with Crippen LogP contribution in [-0.4, -0.2) is 9.97 Å². The Kier molecular flexibility index (Phi) is 4.97. The van der Waals surface area contributed by atoms with Crippen molar-refractivity contribution in [3.63, 3.8) is 0 Å². The van der Waals surface area contributed by atoms with Gasteiger partial charge in [0.2, 0.25) is 5.95 Å². The van der Waals surface area contributed by atoms with Crippen molar-refractivity contribution >= 4 is 28.6 Å². The lowest BCUT2D eigenvalue weighted by molar-refractivity contribution is 0.599. The molecule has 31 heavy (non-hydrogen) atoms. The van der Waals surface area contributed by atoms with Crippen LogP contribution in [0.2, 0.25) is 0 Å². The van der Waals surface area contributed by atoms with E-state index in [1.165, 1.54) is 18.2 Å². The largest absolute Gasteiger partial charge is 0.455 e. The van der Waals surface area contributed by atoms with Crippen LogP contribution in [0.5, 0.6) is 0 Å². The van der Waals surface area contributed by atoms with Gasteiger partial charge in [-0.25, -0.2) is 4.39 Å². The van der Waals surface area contributed by atoms with E-state index in [2.05, 4.69) is 15.3 Å². The first-order valence-electron chi connectivity index (χ1n) is 9.30. The smallest absolute Gasteiger partial charge is 0.224 e. The molecule has 1 atom stereocenters. The zero-order valence-corrected chi connectivity index (χ0v) is 16.4. The molecule has 0 radical (unpaired) electrons. The molecular formula is C22H17FN6O2. The highest BCUT2D eigenvalue weighted by Gasteiger charge is 2.23. The summed E-state index contributed by atoms with van der Waals surface area (Å²) in [5.41, 5.74) is 12.1. The van der Waals surface area contributed by atoms with Crippen LogP contribution in [0.15, 0.2) is 57.7 Å². The van der Waals surface area contributed by atoms with E-state index in [0.717, 1.165) is 0 Å². The van der Waals surface area contributed by atoms with Crippen LogP contribution >= 0.6 is 0 Å². The van der Waals surface area contributed by atoms with E-state index in [-0.39, 0.29) is 39.9 Å².